The van der Waals surface area contributed by atoms with Crippen LogP contribution in [0, 0.1) is 0 Å². The highest BCUT2D eigenvalue weighted by molar-refractivity contribution is 5.85. The molecule has 0 aromatic heterocycles. The average Bonchev–Trinajstić information content (AvgIpc) is 1.69. The minimum absolute atomic E-state index is 0. The molecule has 0 unspecified atom stereocenters. The summed E-state index contributed by atoms with van der Waals surface area (Å²) in [6, 6.07) is 0. The number of aldehydes is 2. The summed E-state index contributed by atoms with van der Waals surface area (Å²) in [6.07, 6.45) is 3.37. The molecule has 0 N–H and O–H groups in total. The molecule has 56 valence electrons. The van der Waals surface area contributed by atoms with Crippen molar-refractivity contribution in [3.05, 3.63) is 0 Å². The predicted molar refractivity (Wildman–Crippen MR) is 40.5 cm³/mol. The summed E-state index contributed by atoms with van der Waals surface area (Å²) < 4.78 is 0. The highest BCUT2D eigenvalue weighted by atomic mass is 35.5. The van der Waals surface area contributed by atoms with Crippen LogP contribution in [-0.4, -0.2) is 12.6 Å². The van der Waals surface area contributed by atoms with Crippen LogP contribution < -0.4 is 0 Å². The summed E-state index contributed by atoms with van der Waals surface area (Å²) in [5.74, 6) is 0. The maximum absolute atomic E-state index is 9.56. The third kappa shape index (κ3) is 18.1. The van der Waals surface area contributed by atoms with Crippen LogP contribution in [0.5, 0.6) is 0 Å². The first kappa shape index (κ1) is 16.0. The lowest BCUT2D eigenvalue weighted by atomic mass is 10.3. The lowest BCUT2D eigenvalue weighted by molar-refractivity contribution is -0.108. The second-order valence-electron chi connectivity index (χ2n) is 1.26. The van der Waals surface area contributed by atoms with Crippen molar-refractivity contribution in [3.8, 4) is 0 Å². The molecule has 0 heterocycles. The number of rotatable bonds is 4. The van der Waals surface area contributed by atoms with Gasteiger partial charge in [0.05, 0.1) is 0 Å². The Balaban J connectivity index is -0.000000180. The molecule has 2 nitrogen and oxygen atoms in total. The van der Waals surface area contributed by atoms with E-state index in [0.717, 1.165) is 12.6 Å². The molecule has 0 aromatic carbocycles. The van der Waals surface area contributed by atoms with Gasteiger partial charge in [0.1, 0.15) is 12.6 Å². The standard InChI is InChI=1S/C5H8O2.2ClH/c6-4-2-1-3-5-7;;/h4-5H,1-3H2;2*1H. The molecule has 0 fully saturated rings. The number of carbonyl (C=O) groups excluding carboxylic acids is 2. The fourth-order valence-corrected chi connectivity index (χ4v) is 0.285. The molecular weight excluding hydrogens is 163 g/mol. The smallest absolute Gasteiger partial charge is 0.120 e. The summed E-state index contributed by atoms with van der Waals surface area (Å²) in [4.78, 5) is 19.1. The van der Waals surface area contributed by atoms with Crippen LogP contribution in [0.15, 0.2) is 0 Å². The monoisotopic (exact) mass is 172 g/mol. The molecule has 0 saturated heterocycles. The van der Waals surface area contributed by atoms with Gasteiger partial charge in [-0.15, -0.1) is 24.8 Å². The van der Waals surface area contributed by atoms with Crippen molar-refractivity contribution in [1.29, 1.82) is 0 Å². The van der Waals surface area contributed by atoms with E-state index in [2.05, 4.69) is 0 Å². The molecule has 0 rings (SSSR count). The van der Waals surface area contributed by atoms with E-state index in [9.17, 15) is 9.59 Å². The van der Waals surface area contributed by atoms with Crippen LogP contribution >= 0.6 is 24.8 Å². The Morgan fingerprint density at radius 1 is 0.889 bits per heavy atom. The molecule has 0 atom stereocenters. The van der Waals surface area contributed by atoms with Gasteiger partial charge in [-0.2, -0.15) is 0 Å². The molecule has 0 spiro atoms. The third-order valence-electron chi connectivity index (χ3n) is 0.644. The molecule has 0 amide bonds. The first-order valence-corrected chi connectivity index (χ1v) is 2.29. The van der Waals surface area contributed by atoms with Crippen LogP contribution in [0.3, 0.4) is 0 Å². The average molecular weight is 173 g/mol. The Morgan fingerprint density at radius 2 is 1.22 bits per heavy atom. The van der Waals surface area contributed by atoms with Gasteiger partial charge >= 0.3 is 0 Å². The summed E-state index contributed by atoms with van der Waals surface area (Å²) in [6.45, 7) is 0. The fourth-order valence-electron chi connectivity index (χ4n) is 0.285. The molecule has 0 aliphatic heterocycles. The number of carbonyl (C=O) groups is 2. The van der Waals surface area contributed by atoms with Crippen molar-refractivity contribution in [2.45, 2.75) is 19.3 Å². The zero-order chi connectivity index (χ0) is 5.54. The van der Waals surface area contributed by atoms with Crippen LogP contribution in [0.2, 0.25) is 0 Å². The SMILES string of the molecule is Cl.Cl.O=CCCCC=O. The van der Waals surface area contributed by atoms with E-state index in [1.165, 1.54) is 0 Å². The van der Waals surface area contributed by atoms with Gasteiger partial charge in [-0.05, 0) is 6.42 Å². The Morgan fingerprint density at radius 3 is 1.44 bits per heavy atom. The number of unbranched alkanes of at least 4 members (excludes halogenated alkanes) is 2. The first-order chi connectivity index (χ1) is 3.41. The Bertz CT molecular complexity index is 58.0. The van der Waals surface area contributed by atoms with Crippen LogP contribution in [-0.2, 0) is 9.59 Å². The van der Waals surface area contributed by atoms with E-state index in [0.29, 0.717) is 19.3 Å². The van der Waals surface area contributed by atoms with Gasteiger partial charge in [0.25, 0.3) is 0 Å². The second-order valence-corrected chi connectivity index (χ2v) is 1.26. The topological polar surface area (TPSA) is 34.1 Å². The molecule has 0 aliphatic rings. The molecule has 9 heavy (non-hydrogen) atoms. The molecule has 0 saturated carbocycles. The van der Waals surface area contributed by atoms with Crippen molar-refractivity contribution in [2.75, 3.05) is 0 Å². The van der Waals surface area contributed by atoms with E-state index in [4.69, 9.17) is 0 Å². The predicted octanol–water partition coefficient (Wildman–Crippen LogP) is 1.40. The summed E-state index contributed by atoms with van der Waals surface area (Å²) in [5, 5.41) is 0. The fraction of sp³-hybridized carbons (Fsp3) is 0.600. The largest absolute Gasteiger partial charge is 0.303 e. The van der Waals surface area contributed by atoms with Gasteiger partial charge in [-0.1, -0.05) is 0 Å². The van der Waals surface area contributed by atoms with Gasteiger partial charge in [0.15, 0.2) is 0 Å². The van der Waals surface area contributed by atoms with E-state index in [-0.39, 0.29) is 24.8 Å². The van der Waals surface area contributed by atoms with E-state index >= 15 is 0 Å². The van der Waals surface area contributed by atoms with Crippen molar-refractivity contribution in [3.63, 3.8) is 0 Å². The zero-order valence-electron chi connectivity index (χ0n) is 4.91. The highest BCUT2D eigenvalue weighted by Crippen LogP contribution is 1.85. The first-order valence-electron chi connectivity index (χ1n) is 2.29. The van der Waals surface area contributed by atoms with Gasteiger partial charge in [-0.3, -0.25) is 0 Å². The second kappa shape index (κ2) is 15.7. The van der Waals surface area contributed by atoms with E-state index in [1.54, 1.807) is 0 Å². The van der Waals surface area contributed by atoms with E-state index < -0.39 is 0 Å². The zero-order valence-corrected chi connectivity index (χ0v) is 6.54. The Labute approximate surface area is 66.8 Å². The van der Waals surface area contributed by atoms with Crippen molar-refractivity contribution >= 4 is 37.4 Å². The van der Waals surface area contributed by atoms with Gasteiger partial charge < -0.3 is 9.59 Å². The van der Waals surface area contributed by atoms with E-state index in [1.807, 2.05) is 0 Å². The molecule has 0 radical (unpaired) electrons. The summed E-state index contributed by atoms with van der Waals surface area (Å²) in [7, 11) is 0. The maximum atomic E-state index is 9.56. The summed E-state index contributed by atoms with van der Waals surface area (Å²) >= 11 is 0. The van der Waals surface area contributed by atoms with Crippen molar-refractivity contribution < 1.29 is 9.59 Å². The van der Waals surface area contributed by atoms with Gasteiger partial charge in [0, 0.05) is 12.8 Å². The molecule has 0 aromatic rings. The Kier molecular flexibility index (Phi) is 27.8. The molecular formula is C5H10Cl2O2. The lowest BCUT2D eigenvalue weighted by Gasteiger charge is -1.78. The Hall–Kier alpha value is -0.0800. The minimum atomic E-state index is 0. The van der Waals surface area contributed by atoms with Crippen molar-refractivity contribution in [2.24, 2.45) is 0 Å². The highest BCUT2D eigenvalue weighted by Gasteiger charge is 1.80. The maximum Gasteiger partial charge on any atom is 0.120 e. The number of hydrogen-bond donors (Lipinski definition) is 0. The number of hydrogen-bond acceptors (Lipinski definition) is 2. The normalized spacial score (nSPS) is 6.22. The molecule has 0 bridgehead atoms. The minimum Gasteiger partial charge on any atom is -0.303 e. The molecule has 0 aliphatic carbocycles. The quantitative estimate of drug-likeness (QED) is 0.475. The van der Waals surface area contributed by atoms with Crippen LogP contribution in [0.4, 0.5) is 0 Å². The summed E-state index contributed by atoms with van der Waals surface area (Å²) in [5.41, 5.74) is 0. The van der Waals surface area contributed by atoms with Crippen molar-refractivity contribution in [1.82, 2.24) is 0 Å². The van der Waals surface area contributed by atoms with Gasteiger partial charge in [-0.25, -0.2) is 0 Å². The van der Waals surface area contributed by atoms with Crippen LogP contribution in [0.25, 0.3) is 0 Å². The van der Waals surface area contributed by atoms with Crippen LogP contribution in [0.1, 0.15) is 19.3 Å². The van der Waals surface area contributed by atoms with Gasteiger partial charge in [0.2, 0.25) is 0 Å². The lowest BCUT2D eigenvalue weighted by Crippen LogP contribution is -1.76. The third-order valence-corrected chi connectivity index (χ3v) is 0.644. The molecule has 4 heteroatoms. The number of halogens is 2.